The fraction of sp³-hybridized carbons (Fsp3) is 0.435. The largest absolute Gasteiger partial charge is 0.508 e. The molecule has 0 heterocycles. The molecule has 34 heavy (non-hydrogen) atoms. The number of phenols is 1. The number of likely N-dealkylation sites (N-methyl/N-ethyl adjacent to an activating group) is 1. The van der Waals surface area contributed by atoms with Gasteiger partial charge in [-0.1, -0.05) is 19.1 Å². The third-order valence-electron chi connectivity index (χ3n) is 7.45. The maximum absolute atomic E-state index is 13.8. The third-order valence-corrected chi connectivity index (χ3v) is 7.45. The number of Topliss-reactive ketones (excluding diaryl/α,β-unsaturated/α-hetero) is 2. The molecule has 11 nitrogen and oxygen atoms in total. The molecule has 1 aromatic carbocycles. The molecule has 1 aromatic rings. The van der Waals surface area contributed by atoms with Gasteiger partial charge in [0.05, 0.1) is 40.7 Å². The van der Waals surface area contributed by atoms with Crippen molar-refractivity contribution in [2.75, 3.05) is 13.6 Å². The number of phenolic OH excluding ortho intramolecular Hbond substituents is 1. The van der Waals surface area contributed by atoms with Crippen molar-refractivity contribution >= 4 is 23.2 Å². The SMILES string of the molecule is CCN(C)[C@@H]1C(=O)C(C(N)=O)=C(O)[C@@]2(O)C(=O)C3=C(O)c4c(O)cccc4[C@@](C)(O)[C@H]3[C@H](O)[C@@H]12. The molecule has 1 amide bonds. The lowest BCUT2D eigenvalue weighted by molar-refractivity contribution is -0.182. The summed E-state index contributed by atoms with van der Waals surface area (Å²) in [6, 6.07) is 2.53. The van der Waals surface area contributed by atoms with Crippen molar-refractivity contribution in [1.82, 2.24) is 4.90 Å². The van der Waals surface area contributed by atoms with E-state index in [9.17, 15) is 45.0 Å². The van der Waals surface area contributed by atoms with E-state index in [1.54, 1.807) is 6.92 Å². The van der Waals surface area contributed by atoms with Crippen LogP contribution >= 0.6 is 0 Å². The number of primary amides is 1. The molecule has 182 valence electrons. The van der Waals surface area contributed by atoms with Crippen molar-refractivity contribution in [3.05, 3.63) is 46.2 Å². The minimum Gasteiger partial charge on any atom is -0.508 e. The molecule has 4 rings (SSSR count). The van der Waals surface area contributed by atoms with Crippen LogP contribution in [0.5, 0.6) is 5.75 Å². The Bertz CT molecular complexity index is 1200. The van der Waals surface area contributed by atoms with Crippen LogP contribution in [-0.4, -0.2) is 84.4 Å². The monoisotopic (exact) mass is 474 g/mol. The van der Waals surface area contributed by atoms with E-state index >= 15 is 0 Å². The van der Waals surface area contributed by atoms with Crippen molar-refractivity contribution in [3.63, 3.8) is 0 Å². The molecule has 0 saturated heterocycles. The van der Waals surface area contributed by atoms with Gasteiger partial charge in [0.15, 0.2) is 11.4 Å². The Morgan fingerprint density at radius 2 is 1.79 bits per heavy atom. The Morgan fingerprint density at radius 3 is 2.35 bits per heavy atom. The zero-order chi connectivity index (χ0) is 25.5. The summed E-state index contributed by atoms with van der Waals surface area (Å²) in [6.45, 7) is 3.10. The van der Waals surface area contributed by atoms with Crippen LogP contribution in [-0.2, 0) is 20.0 Å². The summed E-state index contributed by atoms with van der Waals surface area (Å²) in [4.78, 5) is 40.4. The highest BCUT2D eigenvalue weighted by Crippen LogP contribution is 2.57. The average Bonchev–Trinajstić information content (AvgIpc) is 2.75. The lowest BCUT2D eigenvalue weighted by Gasteiger charge is -2.55. The number of rotatable bonds is 3. The minimum atomic E-state index is -3.02. The van der Waals surface area contributed by atoms with Crippen LogP contribution in [0.3, 0.4) is 0 Å². The summed E-state index contributed by atoms with van der Waals surface area (Å²) in [7, 11) is 1.45. The third kappa shape index (κ3) is 2.69. The van der Waals surface area contributed by atoms with Crippen molar-refractivity contribution in [2.45, 2.75) is 37.2 Å². The fourth-order valence-electron chi connectivity index (χ4n) is 5.71. The second-order valence-electron chi connectivity index (χ2n) is 9.17. The number of nitrogens with two attached hydrogens (primary N) is 1. The van der Waals surface area contributed by atoms with Gasteiger partial charge in [-0.15, -0.1) is 0 Å². The van der Waals surface area contributed by atoms with Crippen LogP contribution in [0.25, 0.3) is 5.76 Å². The number of fused-ring (bicyclic) bond motifs is 3. The molecule has 0 spiro atoms. The number of aromatic hydroxyl groups is 1. The average molecular weight is 474 g/mol. The molecule has 0 aliphatic heterocycles. The lowest BCUT2D eigenvalue weighted by Crippen LogP contribution is -2.72. The predicted octanol–water partition coefficient (Wildman–Crippen LogP) is -1.01. The van der Waals surface area contributed by atoms with E-state index in [4.69, 9.17) is 5.73 Å². The molecule has 1 saturated carbocycles. The van der Waals surface area contributed by atoms with Gasteiger partial charge >= 0.3 is 0 Å². The number of nitrogens with zero attached hydrogens (tertiary/aromatic N) is 1. The number of aliphatic hydroxyl groups is 5. The van der Waals surface area contributed by atoms with E-state index < -0.39 is 81.1 Å². The van der Waals surface area contributed by atoms with Crippen LogP contribution < -0.4 is 5.73 Å². The summed E-state index contributed by atoms with van der Waals surface area (Å²) >= 11 is 0. The molecular formula is C23H26N2O9. The smallest absolute Gasteiger partial charge is 0.255 e. The van der Waals surface area contributed by atoms with Crippen LogP contribution in [0.1, 0.15) is 25.0 Å². The van der Waals surface area contributed by atoms with Crippen LogP contribution in [0, 0.1) is 11.8 Å². The summed E-state index contributed by atoms with van der Waals surface area (Å²) in [5.41, 5.74) is -1.71. The molecular weight excluding hydrogens is 448 g/mol. The number of benzene rings is 1. The summed E-state index contributed by atoms with van der Waals surface area (Å²) in [6.07, 6.45) is -1.87. The van der Waals surface area contributed by atoms with E-state index in [0.717, 1.165) is 0 Å². The first-order valence-electron chi connectivity index (χ1n) is 10.7. The van der Waals surface area contributed by atoms with E-state index in [0.29, 0.717) is 0 Å². The topological polar surface area (TPSA) is 202 Å². The van der Waals surface area contributed by atoms with Gasteiger partial charge in [-0.3, -0.25) is 19.3 Å². The molecule has 0 unspecified atom stereocenters. The van der Waals surface area contributed by atoms with Crippen molar-refractivity contribution in [2.24, 2.45) is 17.6 Å². The molecule has 3 aliphatic carbocycles. The van der Waals surface area contributed by atoms with E-state index in [1.165, 1.54) is 37.1 Å². The maximum Gasteiger partial charge on any atom is 0.255 e. The Kier molecular flexibility index (Phi) is 5.18. The number of carbonyl (C=O) groups excluding carboxylic acids is 3. The number of hydrogen-bond acceptors (Lipinski definition) is 10. The first-order valence-corrected chi connectivity index (χ1v) is 10.7. The van der Waals surface area contributed by atoms with Gasteiger partial charge < -0.3 is 36.4 Å². The highest BCUT2D eigenvalue weighted by molar-refractivity contribution is 6.24. The number of aliphatic hydroxyl groups excluding tert-OH is 3. The number of ketones is 2. The second-order valence-corrected chi connectivity index (χ2v) is 9.17. The van der Waals surface area contributed by atoms with Gasteiger partial charge in [0.2, 0.25) is 5.78 Å². The minimum absolute atomic E-state index is 0.0103. The van der Waals surface area contributed by atoms with Crippen molar-refractivity contribution in [3.8, 4) is 5.75 Å². The summed E-state index contributed by atoms with van der Waals surface area (Å²) in [5, 5.41) is 66.7. The zero-order valence-electron chi connectivity index (χ0n) is 18.7. The van der Waals surface area contributed by atoms with Crippen molar-refractivity contribution in [1.29, 1.82) is 0 Å². The first kappa shape index (κ1) is 23.9. The second kappa shape index (κ2) is 7.37. The van der Waals surface area contributed by atoms with Crippen LogP contribution in [0.15, 0.2) is 35.1 Å². The summed E-state index contributed by atoms with van der Waals surface area (Å²) < 4.78 is 0. The normalized spacial score (nSPS) is 35.3. The first-order chi connectivity index (χ1) is 15.7. The fourth-order valence-corrected chi connectivity index (χ4v) is 5.71. The Hall–Kier alpha value is -3.25. The van der Waals surface area contributed by atoms with Crippen LogP contribution in [0.2, 0.25) is 0 Å². The predicted molar refractivity (Wildman–Crippen MR) is 116 cm³/mol. The van der Waals surface area contributed by atoms with Gasteiger partial charge in [0, 0.05) is 0 Å². The maximum atomic E-state index is 13.8. The number of hydrogen-bond donors (Lipinski definition) is 7. The quantitative estimate of drug-likeness (QED) is 0.266. The molecule has 8 N–H and O–H groups in total. The molecule has 0 bridgehead atoms. The number of carbonyl (C=O) groups is 3. The van der Waals surface area contributed by atoms with Gasteiger partial charge in [-0.2, -0.15) is 0 Å². The molecule has 0 radical (unpaired) electrons. The Labute approximate surface area is 194 Å². The van der Waals surface area contributed by atoms with Gasteiger partial charge in [-0.25, -0.2) is 0 Å². The van der Waals surface area contributed by atoms with Crippen LogP contribution in [0.4, 0.5) is 0 Å². The molecule has 6 atom stereocenters. The summed E-state index contributed by atoms with van der Waals surface area (Å²) in [5.74, 6) is -9.62. The molecule has 3 aliphatic rings. The van der Waals surface area contributed by atoms with Gasteiger partial charge in [0.1, 0.15) is 22.8 Å². The van der Waals surface area contributed by atoms with E-state index in [2.05, 4.69) is 0 Å². The molecule has 0 aromatic heterocycles. The zero-order valence-corrected chi connectivity index (χ0v) is 18.7. The Balaban J connectivity index is 2.10. The van der Waals surface area contributed by atoms with E-state index in [-0.39, 0.29) is 17.7 Å². The number of amides is 1. The molecule has 1 fully saturated rings. The lowest BCUT2D eigenvalue weighted by atomic mass is 9.53. The standard InChI is InChI=1S/C23H26N2O9/c1-4-25(3)15-14-18(29)13-11(16(27)10-8(22(13,2)33)6-5-7-9(10)26)19(30)23(14,34)20(31)12(17(15)28)21(24)32/h5-7,13-15,18,26-27,29,31,33-34H,4H2,1-3H3,(H2,24,32)/t13-,14-,15+,18+,22-,23+/m1/s1. The van der Waals surface area contributed by atoms with Crippen molar-refractivity contribution < 1.29 is 45.0 Å². The molecule has 11 heteroatoms. The van der Waals surface area contributed by atoms with Gasteiger partial charge in [-0.05, 0) is 32.1 Å². The van der Waals surface area contributed by atoms with E-state index in [1.807, 2.05) is 0 Å². The Morgan fingerprint density at radius 1 is 1.18 bits per heavy atom. The highest BCUT2D eigenvalue weighted by atomic mass is 16.4. The van der Waals surface area contributed by atoms with Gasteiger partial charge in [0.25, 0.3) is 5.91 Å². The highest BCUT2D eigenvalue weighted by Gasteiger charge is 2.70.